The molecule has 0 saturated heterocycles. The van der Waals surface area contributed by atoms with Gasteiger partial charge in [0.1, 0.15) is 17.1 Å². The van der Waals surface area contributed by atoms with Gasteiger partial charge in [0.2, 0.25) is 0 Å². The van der Waals surface area contributed by atoms with E-state index in [4.69, 9.17) is 9.15 Å². The first-order chi connectivity index (χ1) is 16.5. The van der Waals surface area contributed by atoms with Gasteiger partial charge >= 0.3 is 5.63 Å². The zero-order valence-corrected chi connectivity index (χ0v) is 19.7. The predicted molar refractivity (Wildman–Crippen MR) is 127 cm³/mol. The molecule has 0 aliphatic heterocycles. The zero-order chi connectivity index (χ0) is 25.4. The summed E-state index contributed by atoms with van der Waals surface area (Å²) in [5.74, 6) is -1.71. The number of carboxylic acid groups (broad SMARTS) is 1. The molecule has 9 nitrogen and oxygen atoms in total. The molecule has 2 heterocycles. The van der Waals surface area contributed by atoms with Crippen molar-refractivity contribution in [1.29, 1.82) is 0 Å². The van der Waals surface area contributed by atoms with Crippen LogP contribution in [0.2, 0.25) is 0 Å². The lowest BCUT2D eigenvalue weighted by Gasteiger charge is -2.23. The number of phenols is 1. The van der Waals surface area contributed by atoms with Crippen molar-refractivity contribution in [3.8, 4) is 11.5 Å². The molecule has 1 amide bonds. The Morgan fingerprint density at radius 2 is 1.91 bits per heavy atom. The number of amides is 1. The average molecular weight is 477 g/mol. The monoisotopic (exact) mass is 477 g/mol. The Kier molecular flexibility index (Phi) is 6.26. The van der Waals surface area contributed by atoms with Crippen LogP contribution >= 0.6 is 0 Å². The molecular formula is C26H25N2O7-. The second-order valence-electron chi connectivity index (χ2n) is 8.66. The van der Waals surface area contributed by atoms with Gasteiger partial charge in [0.15, 0.2) is 6.10 Å². The molecule has 182 valence electrons. The van der Waals surface area contributed by atoms with Crippen LogP contribution in [0, 0.1) is 20.8 Å². The Balaban J connectivity index is 1.57. The second-order valence-corrected chi connectivity index (χ2v) is 8.66. The highest BCUT2D eigenvalue weighted by molar-refractivity contribution is 5.90. The SMILES string of the molecule is Cc1cc(O[C@@H](C)C(=O)N[C@H](Cc2c[nH]c3ccc(O)cc23)C(=O)[O-])c2c(C)c(C)c(=O)oc2c1. The third-order valence-electron chi connectivity index (χ3n) is 6.11. The Bertz CT molecular complexity index is 1520. The standard InChI is InChI=1S/C26H26N2O7/c1-12-7-21(23-13(2)14(3)26(33)35-22(23)8-12)34-15(4)24(30)28-20(25(31)32)9-16-11-27-19-6-5-17(29)10-18(16)19/h5-8,10-11,15,20,27,29H,9H2,1-4H3,(H,28,30)(H,31,32)/p-1/t15-,20+/m0/s1. The van der Waals surface area contributed by atoms with Crippen molar-refractivity contribution in [3.63, 3.8) is 0 Å². The minimum atomic E-state index is -1.45. The van der Waals surface area contributed by atoms with Crippen molar-refractivity contribution in [2.45, 2.75) is 46.3 Å². The number of fused-ring (bicyclic) bond motifs is 2. The molecular weight excluding hydrogens is 452 g/mol. The summed E-state index contributed by atoms with van der Waals surface area (Å²) in [4.78, 5) is 39.8. The van der Waals surface area contributed by atoms with Gasteiger partial charge in [-0.2, -0.15) is 0 Å². The molecule has 35 heavy (non-hydrogen) atoms. The molecule has 0 bridgehead atoms. The maximum absolute atomic E-state index is 12.9. The predicted octanol–water partition coefficient (Wildman–Crippen LogP) is 2.15. The third-order valence-corrected chi connectivity index (χ3v) is 6.11. The van der Waals surface area contributed by atoms with Gasteiger partial charge in [-0.15, -0.1) is 0 Å². The van der Waals surface area contributed by atoms with Crippen LogP contribution in [0.15, 0.2) is 45.7 Å². The lowest BCUT2D eigenvalue weighted by atomic mass is 10.0. The van der Waals surface area contributed by atoms with Crippen LogP contribution in [-0.2, 0) is 16.0 Å². The molecule has 0 radical (unpaired) electrons. The van der Waals surface area contributed by atoms with Crippen LogP contribution in [0.4, 0.5) is 0 Å². The molecule has 2 aromatic heterocycles. The van der Waals surface area contributed by atoms with E-state index in [-0.39, 0.29) is 12.2 Å². The number of ether oxygens (including phenoxy) is 1. The summed E-state index contributed by atoms with van der Waals surface area (Å²) in [7, 11) is 0. The zero-order valence-electron chi connectivity index (χ0n) is 19.7. The molecule has 2 aromatic carbocycles. The lowest BCUT2D eigenvalue weighted by molar-refractivity contribution is -0.308. The number of nitrogens with one attached hydrogen (secondary N) is 2. The number of carboxylic acids is 1. The smallest absolute Gasteiger partial charge is 0.339 e. The number of aliphatic carboxylic acids is 1. The van der Waals surface area contributed by atoms with Gasteiger partial charge in [0.25, 0.3) is 5.91 Å². The first-order valence-corrected chi connectivity index (χ1v) is 11.1. The highest BCUT2D eigenvalue weighted by Crippen LogP contribution is 2.31. The highest BCUT2D eigenvalue weighted by atomic mass is 16.5. The fraction of sp³-hybridized carbons (Fsp3) is 0.269. The maximum Gasteiger partial charge on any atom is 0.339 e. The highest BCUT2D eigenvalue weighted by Gasteiger charge is 2.23. The number of carbonyl (C=O) groups excluding carboxylic acids is 2. The average Bonchev–Trinajstić information content (AvgIpc) is 3.18. The summed E-state index contributed by atoms with van der Waals surface area (Å²) in [6, 6.07) is 6.83. The lowest BCUT2D eigenvalue weighted by Crippen LogP contribution is -2.52. The number of aryl methyl sites for hydroxylation is 2. The summed E-state index contributed by atoms with van der Waals surface area (Å²) >= 11 is 0. The van der Waals surface area contributed by atoms with E-state index in [1.165, 1.54) is 19.1 Å². The number of carbonyl (C=O) groups is 2. The fourth-order valence-electron chi connectivity index (χ4n) is 4.06. The van der Waals surface area contributed by atoms with E-state index in [1.807, 2.05) is 0 Å². The van der Waals surface area contributed by atoms with Crippen molar-refractivity contribution >= 4 is 33.7 Å². The van der Waals surface area contributed by atoms with Crippen molar-refractivity contribution in [1.82, 2.24) is 10.3 Å². The molecule has 0 aliphatic carbocycles. The van der Waals surface area contributed by atoms with Crippen LogP contribution in [0.25, 0.3) is 21.9 Å². The van der Waals surface area contributed by atoms with Gasteiger partial charge in [-0.05, 0) is 74.7 Å². The molecule has 0 fully saturated rings. The number of aromatic amines is 1. The number of rotatable bonds is 7. The Hall–Kier alpha value is -4.27. The quantitative estimate of drug-likeness (QED) is 0.346. The molecule has 0 unspecified atom stereocenters. The summed E-state index contributed by atoms with van der Waals surface area (Å²) in [6.45, 7) is 6.72. The topological polar surface area (TPSA) is 145 Å². The third kappa shape index (κ3) is 4.70. The van der Waals surface area contributed by atoms with E-state index < -0.39 is 29.6 Å². The van der Waals surface area contributed by atoms with E-state index in [9.17, 15) is 24.6 Å². The van der Waals surface area contributed by atoms with Gasteiger partial charge in [-0.25, -0.2) is 4.79 Å². The van der Waals surface area contributed by atoms with E-state index in [0.29, 0.717) is 38.8 Å². The van der Waals surface area contributed by atoms with Gasteiger partial charge in [0.05, 0.1) is 17.4 Å². The van der Waals surface area contributed by atoms with Crippen LogP contribution in [0.1, 0.15) is 29.2 Å². The Morgan fingerprint density at radius 1 is 1.17 bits per heavy atom. The van der Waals surface area contributed by atoms with Gasteiger partial charge in [-0.3, -0.25) is 4.79 Å². The molecule has 9 heteroatoms. The molecule has 0 aliphatic rings. The molecule has 2 atom stereocenters. The van der Waals surface area contributed by atoms with Crippen molar-refractivity contribution < 1.29 is 29.0 Å². The maximum atomic E-state index is 12.9. The molecule has 4 rings (SSSR count). The van der Waals surface area contributed by atoms with Gasteiger partial charge < -0.3 is 34.5 Å². The molecule has 4 aromatic rings. The van der Waals surface area contributed by atoms with Crippen LogP contribution < -0.4 is 20.8 Å². The Morgan fingerprint density at radius 3 is 2.63 bits per heavy atom. The van der Waals surface area contributed by atoms with E-state index in [0.717, 1.165) is 11.1 Å². The largest absolute Gasteiger partial charge is 0.548 e. The number of benzene rings is 2. The Labute approximate surface area is 200 Å². The number of phenolic OH excluding ortho intramolecular Hbond substituents is 1. The summed E-state index contributed by atoms with van der Waals surface area (Å²) < 4.78 is 11.3. The number of H-pyrrole nitrogens is 1. The van der Waals surface area contributed by atoms with E-state index in [2.05, 4.69) is 10.3 Å². The van der Waals surface area contributed by atoms with Crippen molar-refractivity contribution in [3.05, 3.63) is 69.2 Å². The second kappa shape index (κ2) is 9.17. The fourth-order valence-corrected chi connectivity index (χ4v) is 4.06. The van der Waals surface area contributed by atoms with Gasteiger partial charge in [0, 0.05) is 29.1 Å². The minimum absolute atomic E-state index is 0.0427. The normalized spacial score (nSPS) is 13.0. The van der Waals surface area contributed by atoms with E-state index >= 15 is 0 Å². The first-order valence-electron chi connectivity index (χ1n) is 11.1. The summed E-state index contributed by atoms with van der Waals surface area (Å²) in [5, 5.41) is 25.3. The minimum Gasteiger partial charge on any atom is -0.548 e. The van der Waals surface area contributed by atoms with Crippen LogP contribution in [-0.4, -0.2) is 34.1 Å². The van der Waals surface area contributed by atoms with Crippen LogP contribution in [0.5, 0.6) is 11.5 Å². The molecule has 0 spiro atoms. The number of hydrogen-bond acceptors (Lipinski definition) is 7. The number of hydrogen-bond donors (Lipinski definition) is 3. The van der Waals surface area contributed by atoms with Gasteiger partial charge in [-0.1, -0.05) is 0 Å². The number of aromatic hydroxyl groups is 1. The molecule has 3 N–H and O–H groups in total. The molecule has 0 saturated carbocycles. The van der Waals surface area contributed by atoms with Crippen molar-refractivity contribution in [2.24, 2.45) is 0 Å². The van der Waals surface area contributed by atoms with E-state index in [1.54, 1.807) is 45.2 Å². The summed E-state index contributed by atoms with van der Waals surface area (Å²) in [5.41, 5.74) is 3.10. The van der Waals surface area contributed by atoms with Crippen LogP contribution in [0.3, 0.4) is 0 Å². The summed E-state index contributed by atoms with van der Waals surface area (Å²) in [6.07, 6.45) is 0.519. The number of aromatic nitrogens is 1. The first kappa shape index (κ1) is 23.9. The van der Waals surface area contributed by atoms with Crippen molar-refractivity contribution in [2.75, 3.05) is 0 Å².